The summed E-state index contributed by atoms with van der Waals surface area (Å²) in [7, 11) is 1.57. The molecule has 146 valence electrons. The van der Waals surface area contributed by atoms with E-state index in [0.29, 0.717) is 11.3 Å². The van der Waals surface area contributed by atoms with Gasteiger partial charge in [0.05, 0.1) is 5.41 Å². The lowest BCUT2D eigenvalue weighted by atomic mass is 9.68. The molecule has 0 bridgehead atoms. The molecule has 6 nitrogen and oxygen atoms in total. The predicted octanol–water partition coefficient (Wildman–Crippen LogP) is 2.70. The van der Waals surface area contributed by atoms with Gasteiger partial charge in [-0.25, -0.2) is 13.8 Å². The molecule has 8 heteroatoms. The van der Waals surface area contributed by atoms with Gasteiger partial charge in [-0.3, -0.25) is 14.5 Å². The smallest absolute Gasteiger partial charge is 0.252 e. The molecule has 1 fully saturated rings. The number of rotatable bonds is 4. The molecule has 0 aromatic heterocycles. The Morgan fingerprint density at radius 3 is 2.48 bits per heavy atom. The summed E-state index contributed by atoms with van der Waals surface area (Å²) >= 11 is 0. The third kappa shape index (κ3) is 2.78. The van der Waals surface area contributed by atoms with Gasteiger partial charge in [0.15, 0.2) is 5.96 Å². The molecule has 0 saturated heterocycles. The zero-order chi connectivity index (χ0) is 20.2. The number of halogens is 2. The van der Waals surface area contributed by atoms with Gasteiger partial charge in [-0.15, -0.1) is 0 Å². The van der Waals surface area contributed by atoms with Crippen LogP contribution in [0.25, 0.3) is 0 Å². The normalized spacial score (nSPS) is 26.0. The van der Waals surface area contributed by atoms with Crippen molar-refractivity contribution in [2.75, 3.05) is 12.4 Å². The molecule has 3 N–H and O–H groups in total. The summed E-state index contributed by atoms with van der Waals surface area (Å²) in [5, 5.41) is 2.59. The Balaban J connectivity index is 1.96. The molecular weight excluding hydrogens is 354 g/mol. The van der Waals surface area contributed by atoms with Crippen molar-refractivity contribution in [1.29, 1.82) is 0 Å². The van der Waals surface area contributed by atoms with E-state index in [9.17, 15) is 18.4 Å². The first-order valence-corrected chi connectivity index (χ1v) is 8.79. The fraction of sp³-hybridized carbons (Fsp3) is 0.526. The quantitative estimate of drug-likeness (QED) is 0.844. The Morgan fingerprint density at radius 2 is 1.93 bits per heavy atom. The molecule has 1 unspecified atom stereocenters. The van der Waals surface area contributed by atoms with Crippen LogP contribution in [0.2, 0.25) is 0 Å². The van der Waals surface area contributed by atoms with Crippen LogP contribution in [0.3, 0.4) is 0 Å². The molecule has 2 amide bonds. The number of anilines is 1. The van der Waals surface area contributed by atoms with E-state index in [-0.39, 0.29) is 24.7 Å². The van der Waals surface area contributed by atoms with Gasteiger partial charge in [0.25, 0.3) is 6.43 Å². The minimum Gasteiger partial charge on any atom is -0.369 e. The molecule has 0 radical (unpaired) electrons. The monoisotopic (exact) mass is 378 g/mol. The van der Waals surface area contributed by atoms with Gasteiger partial charge in [0, 0.05) is 12.7 Å². The van der Waals surface area contributed by atoms with Crippen molar-refractivity contribution in [3.63, 3.8) is 0 Å². The van der Waals surface area contributed by atoms with Crippen molar-refractivity contribution in [2.45, 2.75) is 45.6 Å². The largest absolute Gasteiger partial charge is 0.369 e. The highest BCUT2D eigenvalue weighted by Crippen LogP contribution is 2.52. The molecular formula is C19H24F2N4O2. The lowest BCUT2D eigenvalue weighted by Gasteiger charge is -2.46. The molecule has 1 heterocycles. The topological polar surface area (TPSA) is 87.8 Å². The number of hydrogen-bond donors (Lipinski definition) is 2. The number of nitrogens with zero attached hydrogens (tertiary/aromatic N) is 2. The van der Waals surface area contributed by atoms with Gasteiger partial charge in [-0.05, 0) is 51.3 Å². The van der Waals surface area contributed by atoms with Crippen LogP contribution in [0.1, 0.15) is 39.2 Å². The first-order chi connectivity index (χ1) is 12.5. The second-order valence-corrected chi connectivity index (χ2v) is 8.02. The summed E-state index contributed by atoms with van der Waals surface area (Å²) in [5.41, 5.74) is 3.53. The maximum Gasteiger partial charge on any atom is 0.252 e. The highest BCUT2D eigenvalue weighted by atomic mass is 19.3. The second kappa shape index (κ2) is 6.00. The Hall–Kier alpha value is -2.51. The summed E-state index contributed by atoms with van der Waals surface area (Å²) in [5.74, 6) is -0.756. The minimum absolute atomic E-state index is 0.103. The van der Waals surface area contributed by atoms with Crippen LogP contribution in [0.15, 0.2) is 29.3 Å². The third-order valence-electron chi connectivity index (χ3n) is 6.08. The molecule has 2 aliphatic rings. The number of nitrogens with one attached hydrogen (secondary N) is 1. The minimum atomic E-state index is -2.69. The predicted molar refractivity (Wildman–Crippen MR) is 98.3 cm³/mol. The van der Waals surface area contributed by atoms with Crippen LogP contribution < -0.4 is 11.1 Å². The number of nitrogens with two attached hydrogens (primary N) is 1. The first-order valence-electron chi connectivity index (χ1n) is 8.79. The van der Waals surface area contributed by atoms with E-state index in [1.54, 1.807) is 52.1 Å². The van der Waals surface area contributed by atoms with E-state index in [1.165, 1.54) is 4.90 Å². The van der Waals surface area contributed by atoms with Gasteiger partial charge >= 0.3 is 0 Å². The van der Waals surface area contributed by atoms with Crippen molar-refractivity contribution in [2.24, 2.45) is 21.6 Å². The highest BCUT2D eigenvalue weighted by molar-refractivity contribution is 6.02. The van der Waals surface area contributed by atoms with Crippen molar-refractivity contribution in [3.8, 4) is 0 Å². The third-order valence-corrected chi connectivity index (χ3v) is 6.08. The summed E-state index contributed by atoms with van der Waals surface area (Å²) in [4.78, 5) is 30.9. The number of benzene rings is 1. The lowest BCUT2D eigenvalue weighted by Crippen LogP contribution is -2.58. The molecule has 1 aromatic carbocycles. The zero-order valence-electron chi connectivity index (χ0n) is 15.8. The Morgan fingerprint density at radius 1 is 1.30 bits per heavy atom. The fourth-order valence-corrected chi connectivity index (χ4v) is 3.44. The Kier molecular flexibility index (Phi) is 4.28. The van der Waals surface area contributed by atoms with Gasteiger partial charge in [0.2, 0.25) is 11.8 Å². The molecule has 1 aliphatic carbocycles. The van der Waals surface area contributed by atoms with Gasteiger partial charge in [0.1, 0.15) is 11.0 Å². The molecule has 0 spiro atoms. The van der Waals surface area contributed by atoms with Crippen molar-refractivity contribution < 1.29 is 18.4 Å². The fourth-order valence-electron chi connectivity index (χ4n) is 3.44. The number of carbonyl (C=O) groups excluding carboxylic acids is 2. The van der Waals surface area contributed by atoms with Crippen LogP contribution in [-0.4, -0.2) is 36.1 Å². The number of hydrogen-bond acceptors (Lipinski definition) is 4. The summed E-state index contributed by atoms with van der Waals surface area (Å²) in [6, 6.07) is 6.77. The van der Waals surface area contributed by atoms with E-state index in [0.717, 1.165) is 0 Å². The van der Waals surface area contributed by atoms with Crippen molar-refractivity contribution >= 4 is 23.5 Å². The lowest BCUT2D eigenvalue weighted by molar-refractivity contribution is -0.140. The summed E-state index contributed by atoms with van der Waals surface area (Å²) in [6.45, 7) is 5.36. The maximum atomic E-state index is 13.1. The van der Waals surface area contributed by atoms with E-state index in [4.69, 9.17) is 5.73 Å². The van der Waals surface area contributed by atoms with Crippen LogP contribution in [-0.2, 0) is 15.1 Å². The zero-order valence-corrected chi connectivity index (χ0v) is 15.8. The Bertz CT molecular complexity index is 833. The van der Waals surface area contributed by atoms with Crippen molar-refractivity contribution in [3.05, 3.63) is 29.8 Å². The molecule has 1 atom stereocenters. The van der Waals surface area contributed by atoms with E-state index >= 15 is 0 Å². The maximum absolute atomic E-state index is 13.1. The highest BCUT2D eigenvalue weighted by Gasteiger charge is 2.57. The SMILES string of the molecule is CN1C(=O)C(C)(C)C(C)(c2cccc(NC(=O)C3(C(F)F)CC3)c2)N=C1N. The number of amides is 2. The number of alkyl halides is 2. The van der Waals surface area contributed by atoms with Crippen molar-refractivity contribution in [1.82, 2.24) is 4.90 Å². The summed E-state index contributed by atoms with van der Waals surface area (Å²) in [6.07, 6.45) is -2.32. The average Bonchev–Trinajstić information content (AvgIpc) is 3.41. The van der Waals surface area contributed by atoms with E-state index in [2.05, 4.69) is 10.3 Å². The number of carbonyl (C=O) groups is 2. The van der Waals surface area contributed by atoms with Gasteiger partial charge < -0.3 is 11.1 Å². The van der Waals surface area contributed by atoms with E-state index < -0.39 is 28.7 Å². The standard InChI is InChI=1S/C19H24F2N4O2/c1-17(2)15(27)25(4)16(22)24-18(17,3)11-6-5-7-12(10-11)23-14(26)19(8-9-19)13(20)21/h5-7,10,13H,8-9H2,1-4H3,(H2,22,24)(H,23,26). The number of aliphatic imine (C=N–C) groups is 1. The molecule has 3 rings (SSSR count). The number of guanidine groups is 1. The molecule has 27 heavy (non-hydrogen) atoms. The van der Waals surface area contributed by atoms with Gasteiger partial charge in [-0.2, -0.15) is 0 Å². The van der Waals surface area contributed by atoms with Crippen LogP contribution in [0, 0.1) is 10.8 Å². The summed E-state index contributed by atoms with van der Waals surface area (Å²) < 4.78 is 26.3. The first kappa shape index (κ1) is 19.3. The second-order valence-electron chi connectivity index (χ2n) is 8.02. The van der Waals surface area contributed by atoms with E-state index in [1.807, 2.05) is 0 Å². The molecule has 1 aliphatic heterocycles. The van der Waals surface area contributed by atoms with Crippen LogP contribution in [0.4, 0.5) is 14.5 Å². The van der Waals surface area contributed by atoms with Crippen LogP contribution in [0.5, 0.6) is 0 Å². The average molecular weight is 378 g/mol. The molecule has 1 saturated carbocycles. The van der Waals surface area contributed by atoms with Crippen LogP contribution >= 0.6 is 0 Å². The molecule has 1 aromatic rings. The Labute approximate surface area is 156 Å². The van der Waals surface area contributed by atoms with Gasteiger partial charge in [-0.1, -0.05) is 12.1 Å².